The summed E-state index contributed by atoms with van der Waals surface area (Å²) in [5.41, 5.74) is 1.07. The lowest BCUT2D eigenvalue weighted by Crippen LogP contribution is -2.48. The van der Waals surface area contributed by atoms with Gasteiger partial charge in [0.1, 0.15) is 6.10 Å². The van der Waals surface area contributed by atoms with Crippen molar-refractivity contribution in [3.8, 4) is 0 Å². The monoisotopic (exact) mass is 479 g/mol. The molecular formula is C17H30IN5O3. The molecule has 26 heavy (non-hydrogen) atoms. The number of guanidine groups is 1. The minimum Gasteiger partial charge on any atom is -0.466 e. The van der Waals surface area contributed by atoms with Crippen LogP contribution in [-0.2, 0) is 21.3 Å². The molecule has 1 aliphatic heterocycles. The number of hydrogen-bond donors (Lipinski definition) is 1. The third-order valence-electron chi connectivity index (χ3n) is 3.90. The quantitative estimate of drug-likeness (QED) is 0.211. The molecule has 1 atom stereocenters. The number of hydrogen-bond acceptors (Lipinski definition) is 5. The number of ether oxygens (including phenoxy) is 2. The molecule has 0 saturated carbocycles. The predicted octanol–water partition coefficient (Wildman–Crippen LogP) is 1.72. The van der Waals surface area contributed by atoms with Gasteiger partial charge in [0.25, 0.3) is 0 Å². The molecule has 0 aromatic carbocycles. The van der Waals surface area contributed by atoms with Crippen LogP contribution in [0.3, 0.4) is 0 Å². The Morgan fingerprint density at radius 3 is 2.96 bits per heavy atom. The molecule has 9 heteroatoms. The molecule has 1 saturated heterocycles. The maximum Gasteiger partial charge on any atom is 0.305 e. The van der Waals surface area contributed by atoms with E-state index in [1.165, 1.54) is 0 Å². The molecule has 1 aliphatic rings. The molecule has 8 nitrogen and oxygen atoms in total. The zero-order chi connectivity index (χ0) is 18.1. The summed E-state index contributed by atoms with van der Waals surface area (Å²) >= 11 is 0. The van der Waals surface area contributed by atoms with E-state index in [1.807, 2.05) is 33.3 Å². The predicted molar refractivity (Wildman–Crippen MR) is 111 cm³/mol. The summed E-state index contributed by atoms with van der Waals surface area (Å²) in [6.45, 7) is 7.85. The molecule has 1 aromatic heterocycles. The van der Waals surface area contributed by atoms with Crippen molar-refractivity contribution in [2.45, 2.75) is 32.8 Å². The Kier molecular flexibility index (Phi) is 10.6. The van der Waals surface area contributed by atoms with Crippen molar-refractivity contribution >= 4 is 35.9 Å². The van der Waals surface area contributed by atoms with Crippen molar-refractivity contribution in [1.82, 2.24) is 20.0 Å². The van der Waals surface area contributed by atoms with E-state index in [0.29, 0.717) is 32.6 Å². The first-order valence-corrected chi connectivity index (χ1v) is 8.93. The molecule has 0 radical (unpaired) electrons. The van der Waals surface area contributed by atoms with Gasteiger partial charge in [-0.05, 0) is 20.3 Å². The zero-order valence-corrected chi connectivity index (χ0v) is 18.1. The van der Waals surface area contributed by atoms with Crippen LogP contribution in [0.2, 0.25) is 0 Å². The van der Waals surface area contributed by atoms with Gasteiger partial charge in [-0.15, -0.1) is 24.0 Å². The van der Waals surface area contributed by atoms with Crippen molar-refractivity contribution in [3.63, 3.8) is 0 Å². The van der Waals surface area contributed by atoms with Gasteiger partial charge in [0.15, 0.2) is 5.96 Å². The summed E-state index contributed by atoms with van der Waals surface area (Å²) < 4.78 is 12.6. The van der Waals surface area contributed by atoms with Crippen LogP contribution in [0.1, 0.15) is 38.4 Å². The first kappa shape index (κ1) is 22.7. The normalized spacial score (nSPS) is 17.6. The topological polar surface area (TPSA) is 81.0 Å². The van der Waals surface area contributed by atoms with Gasteiger partial charge in [-0.3, -0.25) is 14.5 Å². The van der Waals surface area contributed by atoms with Gasteiger partial charge in [0, 0.05) is 44.9 Å². The molecule has 1 fully saturated rings. The van der Waals surface area contributed by atoms with Gasteiger partial charge in [-0.25, -0.2) is 0 Å². The second-order valence-electron chi connectivity index (χ2n) is 5.90. The molecule has 0 bridgehead atoms. The first-order chi connectivity index (χ1) is 12.1. The average Bonchev–Trinajstić information content (AvgIpc) is 3.04. The standard InChI is InChI=1S/C17H29N5O3.HI/c1-4-18-17(19-8-6-7-16(23)24-5-2)22-9-10-25-15(13-22)14-11-20-21(3)12-14;/h11-12,15H,4-10,13H2,1-3H3,(H,18,19);1H. The van der Waals surface area contributed by atoms with Gasteiger partial charge >= 0.3 is 5.97 Å². The third-order valence-corrected chi connectivity index (χ3v) is 3.90. The maximum absolute atomic E-state index is 11.4. The largest absolute Gasteiger partial charge is 0.466 e. The first-order valence-electron chi connectivity index (χ1n) is 8.93. The van der Waals surface area contributed by atoms with Crippen molar-refractivity contribution in [2.24, 2.45) is 12.0 Å². The Bertz CT molecular complexity index is 578. The highest BCUT2D eigenvalue weighted by Crippen LogP contribution is 2.21. The number of halogens is 1. The van der Waals surface area contributed by atoms with E-state index in [-0.39, 0.29) is 36.0 Å². The van der Waals surface area contributed by atoms with Gasteiger partial charge in [0.05, 0.1) is 26.0 Å². The van der Waals surface area contributed by atoms with E-state index >= 15 is 0 Å². The lowest BCUT2D eigenvalue weighted by atomic mass is 10.1. The number of aryl methyl sites for hydroxylation is 1. The Morgan fingerprint density at radius 1 is 1.50 bits per heavy atom. The number of carbonyl (C=O) groups is 1. The third kappa shape index (κ3) is 7.10. The van der Waals surface area contributed by atoms with Crippen molar-refractivity contribution in [1.29, 1.82) is 0 Å². The van der Waals surface area contributed by atoms with Gasteiger partial charge in [0.2, 0.25) is 0 Å². The smallest absolute Gasteiger partial charge is 0.305 e. The number of aliphatic imine (C=N–C) groups is 1. The van der Waals surface area contributed by atoms with Crippen LogP contribution in [0, 0.1) is 0 Å². The van der Waals surface area contributed by atoms with E-state index < -0.39 is 0 Å². The van der Waals surface area contributed by atoms with E-state index in [9.17, 15) is 4.79 Å². The van der Waals surface area contributed by atoms with E-state index in [4.69, 9.17) is 9.47 Å². The van der Waals surface area contributed by atoms with Crippen LogP contribution in [0.15, 0.2) is 17.4 Å². The number of rotatable bonds is 7. The highest BCUT2D eigenvalue weighted by Gasteiger charge is 2.25. The number of aromatic nitrogens is 2. The number of esters is 1. The van der Waals surface area contributed by atoms with Crippen LogP contribution in [0.25, 0.3) is 0 Å². The number of carbonyl (C=O) groups excluding carboxylic acids is 1. The lowest BCUT2D eigenvalue weighted by Gasteiger charge is -2.34. The Morgan fingerprint density at radius 2 is 2.31 bits per heavy atom. The van der Waals surface area contributed by atoms with Crippen molar-refractivity contribution in [2.75, 3.05) is 39.4 Å². The van der Waals surface area contributed by atoms with Gasteiger partial charge in [-0.2, -0.15) is 5.10 Å². The molecule has 2 heterocycles. The summed E-state index contributed by atoms with van der Waals surface area (Å²) in [7, 11) is 1.90. The maximum atomic E-state index is 11.4. The highest BCUT2D eigenvalue weighted by atomic mass is 127. The summed E-state index contributed by atoms with van der Waals surface area (Å²) in [6, 6.07) is 0. The summed E-state index contributed by atoms with van der Waals surface area (Å²) in [5, 5.41) is 7.54. The van der Waals surface area contributed by atoms with E-state index in [1.54, 1.807) is 4.68 Å². The van der Waals surface area contributed by atoms with E-state index in [2.05, 4.69) is 20.3 Å². The molecule has 0 aliphatic carbocycles. The molecule has 148 valence electrons. The molecule has 1 aromatic rings. The molecule has 0 spiro atoms. The molecule has 1 unspecified atom stereocenters. The van der Waals surface area contributed by atoms with Gasteiger partial charge in [-0.1, -0.05) is 0 Å². The van der Waals surface area contributed by atoms with Crippen molar-refractivity contribution in [3.05, 3.63) is 18.0 Å². The van der Waals surface area contributed by atoms with Crippen LogP contribution in [0.4, 0.5) is 0 Å². The number of nitrogens with zero attached hydrogens (tertiary/aromatic N) is 4. The molecule has 0 amide bonds. The Balaban J connectivity index is 0.00000338. The SMILES string of the molecule is CCNC(=NCCCC(=O)OCC)N1CCOC(c2cnn(C)c2)C1.I. The van der Waals surface area contributed by atoms with E-state index in [0.717, 1.165) is 31.2 Å². The van der Waals surface area contributed by atoms with Crippen LogP contribution in [0.5, 0.6) is 0 Å². The van der Waals surface area contributed by atoms with Crippen molar-refractivity contribution < 1.29 is 14.3 Å². The summed E-state index contributed by atoms with van der Waals surface area (Å²) in [6.07, 6.45) is 4.91. The minimum absolute atomic E-state index is 0. The minimum atomic E-state index is -0.161. The van der Waals surface area contributed by atoms with Crippen LogP contribution < -0.4 is 5.32 Å². The number of morpholine rings is 1. The Hall–Kier alpha value is -1.36. The number of nitrogens with one attached hydrogen (secondary N) is 1. The fourth-order valence-electron chi connectivity index (χ4n) is 2.72. The van der Waals surface area contributed by atoms with Crippen LogP contribution in [-0.4, -0.2) is 66.0 Å². The lowest BCUT2D eigenvalue weighted by molar-refractivity contribution is -0.143. The average molecular weight is 479 g/mol. The molecular weight excluding hydrogens is 449 g/mol. The molecule has 2 rings (SSSR count). The van der Waals surface area contributed by atoms with Gasteiger partial charge < -0.3 is 19.7 Å². The second-order valence-corrected chi connectivity index (χ2v) is 5.90. The fraction of sp³-hybridized carbons (Fsp3) is 0.706. The summed E-state index contributed by atoms with van der Waals surface area (Å²) in [5.74, 6) is 0.703. The zero-order valence-electron chi connectivity index (χ0n) is 15.8. The summed E-state index contributed by atoms with van der Waals surface area (Å²) in [4.78, 5) is 18.2. The second kappa shape index (κ2) is 12.1. The fourth-order valence-corrected chi connectivity index (χ4v) is 2.72. The molecule has 1 N–H and O–H groups in total. The Labute approximate surface area is 172 Å². The van der Waals surface area contributed by atoms with Crippen LogP contribution >= 0.6 is 24.0 Å². The highest BCUT2D eigenvalue weighted by molar-refractivity contribution is 14.0.